The first-order chi connectivity index (χ1) is 9.29. The summed E-state index contributed by atoms with van der Waals surface area (Å²) < 4.78 is 5.33. The van der Waals surface area contributed by atoms with Crippen LogP contribution in [0.2, 0.25) is 0 Å². The van der Waals surface area contributed by atoms with Crippen molar-refractivity contribution in [3.8, 4) is 5.75 Å². The van der Waals surface area contributed by atoms with Crippen molar-refractivity contribution in [2.24, 2.45) is 0 Å². The van der Waals surface area contributed by atoms with Gasteiger partial charge in [0.15, 0.2) is 0 Å². The molecular weight excluding hydrogens is 236 g/mol. The summed E-state index contributed by atoms with van der Waals surface area (Å²) in [5, 5.41) is 0. The van der Waals surface area contributed by atoms with Gasteiger partial charge in [-0.3, -0.25) is 4.79 Å². The minimum Gasteiger partial charge on any atom is -0.427 e. The Morgan fingerprint density at radius 1 is 1.00 bits per heavy atom. The van der Waals surface area contributed by atoms with E-state index in [0.29, 0.717) is 12.2 Å². The zero-order chi connectivity index (χ0) is 13.5. The summed E-state index contributed by atoms with van der Waals surface area (Å²) in [6.07, 6.45) is 1.34. The minimum absolute atomic E-state index is 0.179. The molecule has 2 rings (SSSR count). The molecule has 0 heterocycles. The van der Waals surface area contributed by atoms with Crippen LogP contribution in [0.1, 0.15) is 31.2 Å². The molecule has 0 radical (unpaired) electrons. The van der Waals surface area contributed by atoms with Crippen molar-refractivity contribution in [1.29, 1.82) is 0 Å². The van der Waals surface area contributed by atoms with Crippen LogP contribution in [-0.4, -0.2) is 5.97 Å². The first-order valence-electron chi connectivity index (χ1n) is 6.60. The molecule has 2 aromatic rings. The number of hydrogen-bond acceptors (Lipinski definition) is 2. The minimum atomic E-state index is -0.179. The zero-order valence-electron chi connectivity index (χ0n) is 11.1. The summed E-state index contributed by atoms with van der Waals surface area (Å²) in [5.74, 6) is 0.648. The molecule has 0 unspecified atom stereocenters. The van der Waals surface area contributed by atoms with Gasteiger partial charge < -0.3 is 4.74 Å². The molecule has 19 heavy (non-hydrogen) atoms. The number of rotatable bonds is 5. The van der Waals surface area contributed by atoms with Gasteiger partial charge in [-0.05, 0) is 30.0 Å². The van der Waals surface area contributed by atoms with Gasteiger partial charge in [0.05, 0.1) is 6.42 Å². The van der Waals surface area contributed by atoms with Crippen molar-refractivity contribution < 1.29 is 9.53 Å². The quantitative estimate of drug-likeness (QED) is 0.591. The lowest BCUT2D eigenvalue weighted by molar-refractivity contribution is -0.134. The third-order valence-electron chi connectivity index (χ3n) is 3.15. The lowest BCUT2D eigenvalue weighted by Gasteiger charge is -2.14. The maximum absolute atomic E-state index is 11.9. The largest absolute Gasteiger partial charge is 0.427 e. The highest BCUT2D eigenvalue weighted by Crippen LogP contribution is 2.23. The predicted molar refractivity (Wildman–Crippen MR) is 76.2 cm³/mol. The average molecular weight is 254 g/mol. The molecule has 1 atom stereocenters. The van der Waals surface area contributed by atoms with Gasteiger partial charge in [-0.15, -0.1) is 0 Å². The number of benzene rings is 2. The second-order valence-corrected chi connectivity index (χ2v) is 4.51. The fourth-order valence-corrected chi connectivity index (χ4v) is 2.09. The van der Waals surface area contributed by atoms with Gasteiger partial charge in [0.2, 0.25) is 0 Å². The van der Waals surface area contributed by atoms with Crippen molar-refractivity contribution in [3.05, 3.63) is 66.2 Å². The number of esters is 1. The Morgan fingerprint density at radius 2 is 1.58 bits per heavy atom. The number of para-hydroxylation sites is 1. The van der Waals surface area contributed by atoms with Gasteiger partial charge in [-0.1, -0.05) is 55.5 Å². The van der Waals surface area contributed by atoms with E-state index in [9.17, 15) is 4.79 Å². The van der Waals surface area contributed by atoms with E-state index < -0.39 is 0 Å². The van der Waals surface area contributed by atoms with Crippen LogP contribution in [0.25, 0.3) is 0 Å². The van der Waals surface area contributed by atoms with Gasteiger partial charge in [-0.2, -0.15) is 0 Å². The van der Waals surface area contributed by atoms with E-state index in [1.165, 1.54) is 5.56 Å². The topological polar surface area (TPSA) is 26.3 Å². The smallest absolute Gasteiger partial charge is 0.311 e. The van der Waals surface area contributed by atoms with Crippen LogP contribution >= 0.6 is 0 Å². The van der Waals surface area contributed by atoms with E-state index in [4.69, 9.17) is 4.74 Å². The van der Waals surface area contributed by atoms with E-state index in [2.05, 4.69) is 19.1 Å². The highest BCUT2D eigenvalue weighted by Gasteiger charge is 2.15. The Balaban J connectivity index is 1.97. The van der Waals surface area contributed by atoms with E-state index in [0.717, 1.165) is 6.42 Å². The van der Waals surface area contributed by atoms with E-state index in [1.807, 2.05) is 36.4 Å². The van der Waals surface area contributed by atoms with E-state index in [1.54, 1.807) is 12.1 Å². The van der Waals surface area contributed by atoms with Gasteiger partial charge in [-0.25, -0.2) is 0 Å². The van der Waals surface area contributed by atoms with Crippen LogP contribution in [-0.2, 0) is 4.79 Å². The van der Waals surface area contributed by atoms with Crippen LogP contribution in [0.3, 0.4) is 0 Å². The number of ether oxygens (including phenoxy) is 1. The van der Waals surface area contributed by atoms with Crippen LogP contribution in [0.5, 0.6) is 5.75 Å². The fourth-order valence-electron chi connectivity index (χ4n) is 2.09. The van der Waals surface area contributed by atoms with Crippen LogP contribution in [0.4, 0.5) is 0 Å². The highest BCUT2D eigenvalue weighted by molar-refractivity contribution is 5.73. The molecule has 0 amide bonds. The molecule has 0 saturated carbocycles. The molecule has 0 aromatic heterocycles. The average Bonchev–Trinajstić information content (AvgIpc) is 2.47. The number of hydrogen-bond donors (Lipinski definition) is 0. The summed E-state index contributed by atoms with van der Waals surface area (Å²) in [4.78, 5) is 11.9. The summed E-state index contributed by atoms with van der Waals surface area (Å²) in [5.41, 5.74) is 1.19. The normalized spacial score (nSPS) is 11.8. The van der Waals surface area contributed by atoms with Crippen LogP contribution in [0.15, 0.2) is 60.7 Å². The molecule has 0 aliphatic heterocycles. The molecule has 2 heteroatoms. The standard InChI is InChI=1S/C17H18O2/c1-2-14(15-9-5-3-6-10-15)13-17(18)19-16-11-7-4-8-12-16/h3-12,14H,2,13H2,1H3/t14-/m0/s1. The molecule has 0 N–H and O–H groups in total. The van der Waals surface area contributed by atoms with Crippen molar-refractivity contribution in [3.63, 3.8) is 0 Å². The maximum Gasteiger partial charge on any atom is 0.311 e. The van der Waals surface area contributed by atoms with Crippen molar-refractivity contribution in [2.45, 2.75) is 25.7 Å². The third kappa shape index (κ3) is 3.95. The van der Waals surface area contributed by atoms with Crippen molar-refractivity contribution >= 4 is 5.97 Å². The molecule has 0 aliphatic rings. The van der Waals surface area contributed by atoms with Gasteiger partial charge in [0.25, 0.3) is 0 Å². The first kappa shape index (κ1) is 13.3. The van der Waals surface area contributed by atoms with Crippen molar-refractivity contribution in [2.75, 3.05) is 0 Å². The molecule has 2 nitrogen and oxygen atoms in total. The number of carbonyl (C=O) groups is 1. The van der Waals surface area contributed by atoms with Crippen LogP contribution in [0, 0.1) is 0 Å². The second-order valence-electron chi connectivity index (χ2n) is 4.51. The summed E-state index contributed by atoms with van der Waals surface area (Å²) in [7, 11) is 0. The fraction of sp³-hybridized carbons (Fsp3) is 0.235. The summed E-state index contributed by atoms with van der Waals surface area (Å²) >= 11 is 0. The SMILES string of the molecule is CC[C@@H](CC(=O)Oc1ccccc1)c1ccccc1. The summed E-state index contributed by atoms with van der Waals surface area (Å²) in [6.45, 7) is 2.09. The van der Waals surface area contributed by atoms with E-state index >= 15 is 0 Å². The number of carbonyl (C=O) groups excluding carboxylic acids is 1. The van der Waals surface area contributed by atoms with Gasteiger partial charge in [0.1, 0.15) is 5.75 Å². The van der Waals surface area contributed by atoms with E-state index in [-0.39, 0.29) is 11.9 Å². The monoisotopic (exact) mass is 254 g/mol. The molecule has 0 spiro atoms. The molecule has 0 aliphatic carbocycles. The molecule has 0 saturated heterocycles. The Bertz CT molecular complexity index is 505. The second kappa shape index (κ2) is 6.74. The van der Waals surface area contributed by atoms with Crippen molar-refractivity contribution in [1.82, 2.24) is 0 Å². The molecule has 98 valence electrons. The van der Waals surface area contributed by atoms with Gasteiger partial charge >= 0.3 is 5.97 Å². The Labute approximate surface area is 114 Å². The third-order valence-corrected chi connectivity index (χ3v) is 3.15. The van der Waals surface area contributed by atoms with Gasteiger partial charge in [0, 0.05) is 0 Å². The molecule has 0 bridgehead atoms. The maximum atomic E-state index is 11.9. The Morgan fingerprint density at radius 3 is 2.16 bits per heavy atom. The molecule has 2 aromatic carbocycles. The highest BCUT2D eigenvalue weighted by atomic mass is 16.5. The lowest BCUT2D eigenvalue weighted by Crippen LogP contribution is -2.12. The Hall–Kier alpha value is -2.09. The van der Waals surface area contributed by atoms with Crippen LogP contribution < -0.4 is 4.74 Å². The Kier molecular flexibility index (Phi) is 4.73. The molecule has 0 fully saturated rings. The summed E-state index contributed by atoms with van der Waals surface area (Å²) in [6, 6.07) is 19.3. The zero-order valence-corrected chi connectivity index (χ0v) is 11.1. The predicted octanol–water partition coefficient (Wildman–Crippen LogP) is 4.18. The first-order valence-corrected chi connectivity index (χ1v) is 6.60. The molecular formula is C17H18O2. The lowest BCUT2D eigenvalue weighted by atomic mass is 9.93.